The molecule has 1 aromatic heterocycles. The first-order valence-corrected chi connectivity index (χ1v) is 15.3. The van der Waals surface area contributed by atoms with Gasteiger partial charge in [0.2, 0.25) is 0 Å². The molecule has 200 valence electrons. The van der Waals surface area contributed by atoms with E-state index in [0.29, 0.717) is 30.1 Å². The average Bonchev–Trinajstić information content (AvgIpc) is 3.60. The van der Waals surface area contributed by atoms with E-state index in [0.717, 1.165) is 26.5 Å². The number of thioether (sulfide) groups is 1. The first kappa shape index (κ1) is 26.9. The Balaban J connectivity index is 1.10. The number of rotatable bonds is 9. The zero-order valence-corrected chi connectivity index (χ0v) is 23.1. The maximum atomic E-state index is 12.6. The van der Waals surface area contributed by atoms with E-state index in [9.17, 15) is 18.0 Å². The Morgan fingerprint density at radius 3 is 2.62 bits per heavy atom. The van der Waals surface area contributed by atoms with Crippen LogP contribution in [0.25, 0.3) is 10.2 Å². The van der Waals surface area contributed by atoms with Crippen molar-refractivity contribution >= 4 is 66.7 Å². The molecule has 2 heterocycles. The van der Waals surface area contributed by atoms with E-state index in [1.165, 1.54) is 18.2 Å². The van der Waals surface area contributed by atoms with Crippen molar-refractivity contribution < 1.29 is 22.7 Å². The molecule has 39 heavy (non-hydrogen) atoms. The normalized spacial score (nSPS) is 13.2. The minimum Gasteiger partial charge on any atom is -0.452 e. The van der Waals surface area contributed by atoms with Crippen LogP contribution in [0.3, 0.4) is 0 Å². The summed E-state index contributed by atoms with van der Waals surface area (Å²) in [6.07, 6.45) is 1.38. The summed E-state index contributed by atoms with van der Waals surface area (Å²) >= 11 is 3.27. The Labute approximate surface area is 233 Å². The summed E-state index contributed by atoms with van der Waals surface area (Å²) in [5.74, 6) is -0.0877. The minimum atomic E-state index is -3.82. The Kier molecular flexibility index (Phi) is 8.24. The lowest BCUT2D eigenvalue weighted by Gasteiger charge is -2.10. The fourth-order valence-corrected chi connectivity index (χ4v) is 6.94. The molecule has 2 N–H and O–H groups in total. The van der Waals surface area contributed by atoms with Gasteiger partial charge in [-0.3, -0.25) is 14.5 Å². The molecule has 1 amide bonds. The number of nitrogens with zero attached hydrogens (tertiary/aromatic N) is 2. The molecule has 0 fully saturated rings. The molecule has 1 aliphatic heterocycles. The van der Waals surface area contributed by atoms with Gasteiger partial charge in [0, 0.05) is 24.4 Å². The van der Waals surface area contributed by atoms with E-state index < -0.39 is 28.5 Å². The van der Waals surface area contributed by atoms with E-state index in [4.69, 9.17) is 4.74 Å². The quantitative estimate of drug-likeness (QED) is 0.214. The van der Waals surface area contributed by atoms with Crippen molar-refractivity contribution in [3.8, 4) is 0 Å². The van der Waals surface area contributed by atoms with E-state index in [2.05, 4.69) is 20.0 Å². The van der Waals surface area contributed by atoms with Gasteiger partial charge in [-0.25, -0.2) is 18.2 Å². The molecule has 0 bridgehead atoms. The molecule has 4 aromatic rings. The first-order valence-electron chi connectivity index (χ1n) is 12.1. The number of benzene rings is 3. The van der Waals surface area contributed by atoms with Crippen molar-refractivity contribution in [1.29, 1.82) is 0 Å². The number of ether oxygens (including phenoxy) is 1. The topological polar surface area (TPSA) is 127 Å². The van der Waals surface area contributed by atoms with Gasteiger partial charge in [0.05, 0.1) is 20.7 Å². The summed E-state index contributed by atoms with van der Waals surface area (Å²) in [6.45, 7) is 0.0843. The number of thiazole rings is 1. The number of amides is 1. The van der Waals surface area contributed by atoms with Crippen molar-refractivity contribution in [3.63, 3.8) is 0 Å². The van der Waals surface area contributed by atoms with Crippen LogP contribution in [0.4, 0.5) is 5.69 Å². The van der Waals surface area contributed by atoms with Gasteiger partial charge in [0.1, 0.15) is 5.84 Å². The van der Waals surface area contributed by atoms with Gasteiger partial charge < -0.3 is 10.1 Å². The predicted molar refractivity (Wildman–Crippen MR) is 153 cm³/mol. The van der Waals surface area contributed by atoms with Crippen LogP contribution in [0.5, 0.6) is 0 Å². The third-order valence-corrected chi connectivity index (χ3v) is 9.34. The van der Waals surface area contributed by atoms with Crippen molar-refractivity contribution in [2.75, 3.05) is 18.5 Å². The highest BCUT2D eigenvalue weighted by Crippen LogP contribution is 2.31. The Bertz CT molecular complexity index is 1620. The molecule has 1 aliphatic rings. The van der Waals surface area contributed by atoms with E-state index >= 15 is 0 Å². The van der Waals surface area contributed by atoms with Gasteiger partial charge in [-0.05, 0) is 54.4 Å². The van der Waals surface area contributed by atoms with Crippen LogP contribution >= 0.6 is 23.1 Å². The molecule has 0 aliphatic carbocycles. The van der Waals surface area contributed by atoms with Crippen LogP contribution in [0.15, 0.2) is 87.0 Å². The van der Waals surface area contributed by atoms with Crippen LogP contribution in [0, 0.1) is 0 Å². The summed E-state index contributed by atoms with van der Waals surface area (Å²) in [5.41, 5.74) is 2.60. The van der Waals surface area contributed by atoms with Crippen LogP contribution in [0.1, 0.15) is 28.8 Å². The number of hydrogen-bond acceptors (Lipinski definition) is 9. The number of hydrogen-bond donors (Lipinski definition) is 2. The van der Waals surface area contributed by atoms with E-state index in [-0.39, 0.29) is 10.6 Å². The summed E-state index contributed by atoms with van der Waals surface area (Å²) in [5, 5.41) is 2.56. The van der Waals surface area contributed by atoms with E-state index in [1.54, 1.807) is 41.3 Å². The smallest absolute Gasteiger partial charge is 0.338 e. The highest BCUT2D eigenvalue weighted by atomic mass is 32.2. The number of para-hydroxylation sites is 1. The minimum absolute atomic E-state index is 0.00622. The number of aromatic nitrogens is 1. The van der Waals surface area contributed by atoms with E-state index in [1.807, 2.05) is 36.4 Å². The summed E-state index contributed by atoms with van der Waals surface area (Å²) in [6, 6.07) is 20.8. The first-order chi connectivity index (χ1) is 18.9. The Morgan fingerprint density at radius 2 is 1.85 bits per heavy atom. The molecule has 3 aromatic carbocycles. The molecule has 0 saturated heterocycles. The van der Waals surface area contributed by atoms with Crippen LogP contribution < -0.4 is 10.0 Å². The van der Waals surface area contributed by atoms with Crippen LogP contribution in [-0.4, -0.2) is 44.3 Å². The molecule has 0 atom stereocenters. The third kappa shape index (κ3) is 7.02. The molecular weight excluding hydrogens is 557 g/mol. The predicted octanol–water partition coefficient (Wildman–Crippen LogP) is 4.85. The largest absolute Gasteiger partial charge is 0.452 e. The lowest BCUT2D eigenvalue weighted by atomic mass is 10.1. The summed E-state index contributed by atoms with van der Waals surface area (Å²) < 4.78 is 34.9. The third-order valence-electron chi connectivity index (χ3n) is 5.72. The number of fused-ring (bicyclic) bond motifs is 1. The zero-order chi connectivity index (χ0) is 27.2. The van der Waals surface area contributed by atoms with Crippen LogP contribution in [0.2, 0.25) is 0 Å². The van der Waals surface area contributed by atoms with Gasteiger partial charge in [0.15, 0.2) is 10.9 Å². The van der Waals surface area contributed by atoms with Crippen molar-refractivity contribution in [3.05, 3.63) is 83.9 Å². The van der Waals surface area contributed by atoms with Gasteiger partial charge in [-0.15, -0.1) is 11.3 Å². The second kappa shape index (κ2) is 12.0. The molecule has 5 rings (SSSR count). The fourth-order valence-electron chi connectivity index (χ4n) is 3.78. The molecule has 0 spiro atoms. The van der Waals surface area contributed by atoms with Gasteiger partial charge >= 0.3 is 5.97 Å². The fraction of sp³-hybridized carbons (Fsp3) is 0.185. The maximum absolute atomic E-state index is 12.6. The number of nitrogens with one attached hydrogen (secondary N) is 2. The molecule has 9 nitrogen and oxygen atoms in total. The monoisotopic (exact) mass is 580 g/mol. The van der Waals surface area contributed by atoms with Gasteiger partial charge in [0.25, 0.3) is 15.9 Å². The highest BCUT2D eigenvalue weighted by molar-refractivity contribution is 8.00. The SMILES string of the molecule is O=C(COC(=O)c1ccc(CSc2nc3ccccc3s2)cc1)Nc1cccc(S(=O)(=O)NC2=NCCC2)c1. The molecule has 0 unspecified atom stereocenters. The number of aliphatic imine (C=N–C) groups is 1. The van der Waals surface area contributed by atoms with Crippen molar-refractivity contribution in [2.24, 2.45) is 4.99 Å². The number of anilines is 1. The Morgan fingerprint density at radius 1 is 1.03 bits per heavy atom. The molecule has 12 heteroatoms. The number of esters is 1. The summed E-state index contributed by atoms with van der Waals surface area (Å²) in [7, 11) is -3.82. The Hall–Kier alpha value is -3.74. The number of carbonyl (C=O) groups excluding carboxylic acids is 2. The number of sulfonamides is 1. The maximum Gasteiger partial charge on any atom is 0.338 e. The van der Waals surface area contributed by atoms with Gasteiger partial charge in [-0.1, -0.05) is 42.1 Å². The summed E-state index contributed by atoms with van der Waals surface area (Å²) in [4.78, 5) is 33.5. The second-order valence-corrected chi connectivity index (χ2v) is 12.6. The number of carbonyl (C=O) groups is 2. The van der Waals surface area contributed by atoms with Crippen LogP contribution in [-0.2, 0) is 25.3 Å². The van der Waals surface area contributed by atoms with Crippen molar-refractivity contribution in [2.45, 2.75) is 27.8 Å². The number of amidine groups is 1. The lowest BCUT2D eigenvalue weighted by Crippen LogP contribution is -2.29. The zero-order valence-electron chi connectivity index (χ0n) is 20.6. The van der Waals surface area contributed by atoms with Crippen molar-refractivity contribution in [1.82, 2.24) is 9.71 Å². The molecule has 0 saturated carbocycles. The highest BCUT2D eigenvalue weighted by Gasteiger charge is 2.19. The second-order valence-electron chi connectivity index (χ2n) is 8.62. The average molecular weight is 581 g/mol. The van der Waals surface area contributed by atoms with Gasteiger partial charge in [-0.2, -0.15) is 0 Å². The molecule has 0 radical (unpaired) electrons. The standard InChI is InChI=1S/C27H24N4O5S3/c32-25(29-20-5-3-6-21(15-20)39(34,35)31-24-9-4-14-28-24)16-36-26(33)19-12-10-18(11-13-19)17-37-27-30-22-7-1-2-8-23(22)38-27/h1-3,5-8,10-13,15H,4,9,14,16-17H2,(H,28,31)(H,29,32). The molecular formula is C27H24N4O5S3. The lowest BCUT2D eigenvalue weighted by molar-refractivity contribution is -0.119.